The van der Waals surface area contributed by atoms with Gasteiger partial charge in [0.1, 0.15) is 5.01 Å². The van der Waals surface area contributed by atoms with Gasteiger partial charge in [0.05, 0.1) is 11.2 Å². The Hall–Kier alpha value is -0.450. The van der Waals surface area contributed by atoms with Crippen LogP contribution in [0.15, 0.2) is 0 Å². The van der Waals surface area contributed by atoms with Gasteiger partial charge in [-0.1, -0.05) is 13.8 Å². The first-order valence-electron chi connectivity index (χ1n) is 6.36. The van der Waals surface area contributed by atoms with Gasteiger partial charge in [-0.25, -0.2) is 4.98 Å². The van der Waals surface area contributed by atoms with E-state index in [2.05, 4.69) is 18.7 Å². The van der Waals surface area contributed by atoms with Crippen molar-refractivity contribution >= 4 is 11.3 Å². The lowest BCUT2D eigenvalue weighted by atomic mass is 10.1. The fourth-order valence-corrected chi connectivity index (χ4v) is 3.36. The molecule has 0 amide bonds. The van der Waals surface area contributed by atoms with Crippen molar-refractivity contribution in [1.29, 1.82) is 0 Å². The highest BCUT2D eigenvalue weighted by Gasteiger charge is 2.25. The second kappa shape index (κ2) is 4.67. The van der Waals surface area contributed by atoms with Crippen molar-refractivity contribution in [2.24, 2.45) is 11.7 Å². The summed E-state index contributed by atoms with van der Waals surface area (Å²) in [5.74, 6) is 0.731. The van der Waals surface area contributed by atoms with Crippen LogP contribution in [-0.2, 0) is 18.5 Å². The predicted octanol–water partition coefficient (Wildman–Crippen LogP) is 2.35. The largest absolute Gasteiger partial charge is 0.320 e. The van der Waals surface area contributed by atoms with Crippen LogP contribution in [0.25, 0.3) is 0 Å². The minimum atomic E-state index is -0.301. The van der Waals surface area contributed by atoms with Gasteiger partial charge in [0.15, 0.2) is 0 Å². The molecule has 2 rings (SSSR count). The lowest BCUT2D eigenvalue weighted by Gasteiger charge is -2.27. The molecule has 0 unspecified atom stereocenters. The van der Waals surface area contributed by atoms with Gasteiger partial charge in [0.2, 0.25) is 0 Å². The first kappa shape index (κ1) is 13.0. The molecule has 0 saturated carbocycles. The fraction of sp³-hybridized carbons (Fsp3) is 0.769. The van der Waals surface area contributed by atoms with Crippen molar-refractivity contribution < 1.29 is 0 Å². The molecule has 1 aromatic rings. The average molecular weight is 253 g/mol. The number of hydrogen-bond acceptors (Lipinski definition) is 4. The van der Waals surface area contributed by atoms with Crippen LogP contribution in [0, 0.1) is 5.92 Å². The highest BCUT2D eigenvalue weighted by atomic mass is 32.1. The van der Waals surface area contributed by atoms with Gasteiger partial charge in [-0.2, -0.15) is 0 Å². The van der Waals surface area contributed by atoms with Crippen LogP contribution in [0.2, 0.25) is 0 Å². The average Bonchev–Trinajstić information content (AvgIpc) is 2.58. The third-order valence-electron chi connectivity index (χ3n) is 2.98. The van der Waals surface area contributed by atoms with Crippen LogP contribution >= 0.6 is 11.3 Å². The van der Waals surface area contributed by atoms with Gasteiger partial charge in [-0.05, 0) is 19.8 Å². The van der Waals surface area contributed by atoms with E-state index in [4.69, 9.17) is 10.7 Å². The summed E-state index contributed by atoms with van der Waals surface area (Å²) in [6.07, 6.45) is 1.08. The molecular weight excluding hydrogens is 230 g/mol. The normalized spacial score (nSPS) is 17.5. The first-order chi connectivity index (χ1) is 7.86. The molecule has 0 spiro atoms. The molecule has 3 nitrogen and oxygen atoms in total. The summed E-state index contributed by atoms with van der Waals surface area (Å²) in [6.45, 7) is 12.0. The molecule has 0 aromatic carbocycles. The maximum absolute atomic E-state index is 6.12. The van der Waals surface area contributed by atoms with Crippen molar-refractivity contribution in [2.75, 3.05) is 13.1 Å². The molecule has 2 N–H and O–H groups in total. The molecule has 1 aliphatic heterocycles. The molecule has 0 bridgehead atoms. The second-order valence-electron chi connectivity index (χ2n) is 5.99. The monoisotopic (exact) mass is 253 g/mol. The van der Waals surface area contributed by atoms with Crippen LogP contribution in [0.3, 0.4) is 0 Å². The fourth-order valence-electron chi connectivity index (χ4n) is 2.20. The highest BCUT2D eigenvalue weighted by molar-refractivity contribution is 7.11. The van der Waals surface area contributed by atoms with Crippen LogP contribution in [0.5, 0.6) is 0 Å². The zero-order chi connectivity index (χ0) is 12.6. The lowest BCUT2D eigenvalue weighted by Crippen LogP contribution is -2.32. The summed E-state index contributed by atoms with van der Waals surface area (Å²) in [4.78, 5) is 8.65. The van der Waals surface area contributed by atoms with E-state index in [1.165, 1.54) is 17.1 Å². The van der Waals surface area contributed by atoms with Crippen LogP contribution in [-0.4, -0.2) is 23.0 Å². The number of thiazole rings is 1. The summed E-state index contributed by atoms with van der Waals surface area (Å²) in [5.41, 5.74) is 7.10. The predicted molar refractivity (Wildman–Crippen MR) is 73.1 cm³/mol. The molecule has 0 aliphatic carbocycles. The third-order valence-corrected chi connectivity index (χ3v) is 4.41. The number of aromatic nitrogens is 1. The summed E-state index contributed by atoms with van der Waals surface area (Å²) >= 11 is 1.80. The van der Waals surface area contributed by atoms with Gasteiger partial charge in [0, 0.05) is 30.9 Å². The molecular formula is C13H23N3S. The quantitative estimate of drug-likeness (QED) is 0.899. The maximum atomic E-state index is 6.12. The minimum absolute atomic E-state index is 0.301. The van der Waals surface area contributed by atoms with E-state index >= 15 is 0 Å². The molecule has 1 aliphatic rings. The molecule has 17 heavy (non-hydrogen) atoms. The molecule has 4 heteroatoms. The van der Waals surface area contributed by atoms with E-state index in [0.29, 0.717) is 0 Å². The maximum Gasteiger partial charge on any atom is 0.113 e. The Bertz CT molecular complexity index is 390. The Balaban J connectivity index is 2.13. The zero-order valence-electron chi connectivity index (χ0n) is 11.3. The number of rotatable bonds is 3. The lowest BCUT2D eigenvalue weighted by molar-refractivity contribution is 0.228. The SMILES string of the molecule is CC(C)CN1CCc2nc(C(C)(C)N)sc2C1. The first-order valence-corrected chi connectivity index (χ1v) is 7.18. The number of fused-ring (bicyclic) bond motifs is 1. The summed E-state index contributed by atoms with van der Waals surface area (Å²) in [6, 6.07) is 0. The molecule has 0 atom stereocenters. The molecule has 1 aromatic heterocycles. The minimum Gasteiger partial charge on any atom is -0.320 e. The van der Waals surface area contributed by atoms with Gasteiger partial charge in [-0.15, -0.1) is 11.3 Å². The molecule has 0 radical (unpaired) electrons. The Morgan fingerprint density at radius 3 is 2.76 bits per heavy atom. The Morgan fingerprint density at radius 1 is 1.47 bits per heavy atom. The van der Waals surface area contributed by atoms with Crippen molar-refractivity contribution in [1.82, 2.24) is 9.88 Å². The zero-order valence-corrected chi connectivity index (χ0v) is 12.1. The van der Waals surface area contributed by atoms with Gasteiger partial charge in [-0.3, -0.25) is 4.90 Å². The van der Waals surface area contributed by atoms with Crippen molar-refractivity contribution in [3.05, 3.63) is 15.6 Å². The Kier molecular flexibility index (Phi) is 3.57. The third kappa shape index (κ3) is 3.06. The standard InChI is InChI=1S/C13H23N3S/c1-9(2)7-16-6-5-10-11(8-16)17-12(15-10)13(3,4)14/h9H,5-8,14H2,1-4H3. The number of nitrogens with two attached hydrogens (primary N) is 1. The van der Waals surface area contributed by atoms with Crippen LogP contribution in [0.4, 0.5) is 0 Å². The Labute approximate surface area is 108 Å². The summed E-state index contributed by atoms with van der Waals surface area (Å²) in [7, 11) is 0. The Morgan fingerprint density at radius 2 is 2.18 bits per heavy atom. The van der Waals surface area contributed by atoms with E-state index in [1.807, 2.05) is 13.8 Å². The van der Waals surface area contributed by atoms with E-state index < -0.39 is 0 Å². The molecule has 96 valence electrons. The van der Waals surface area contributed by atoms with Gasteiger partial charge >= 0.3 is 0 Å². The van der Waals surface area contributed by atoms with Crippen molar-refractivity contribution in [2.45, 2.75) is 46.2 Å². The topological polar surface area (TPSA) is 42.2 Å². The van der Waals surface area contributed by atoms with E-state index in [-0.39, 0.29) is 5.54 Å². The van der Waals surface area contributed by atoms with E-state index in [0.717, 1.165) is 30.4 Å². The number of nitrogens with zero attached hydrogens (tertiary/aromatic N) is 2. The molecule has 0 fully saturated rings. The van der Waals surface area contributed by atoms with Gasteiger partial charge < -0.3 is 5.73 Å². The smallest absolute Gasteiger partial charge is 0.113 e. The second-order valence-corrected chi connectivity index (χ2v) is 7.07. The van der Waals surface area contributed by atoms with Crippen molar-refractivity contribution in [3.8, 4) is 0 Å². The van der Waals surface area contributed by atoms with Crippen molar-refractivity contribution in [3.63, 3.8) is 0 Å². The summed E-state index contributed by atoms with van der Waals surface area (Å²) in [5, 5.41) is 1.08. The van der Waals surface area contributed by atoms with Crippen LogP contribution in [0.1, 0.15) is 43.3 Å². The number of hydrogen-bond donors (Lipinski definition) is 1. The highest BCUT2D eigenvalue weighted by Crippen LogP contribution is 2.30. The summed E-state index contributed by atoms with van der Waals surface area (Å²) < 4.78 is 0. The van der Waals surface area contributed by atoms with Crippen LogP contribution < -0.4 is 5.73 Å². The van der Waals surface area contributed by atoms with E-state index in [1.54, 1.807) is 11.3 Å². The van der Waals surface area contributed by atoms with Gasteiger partial charge in [0.25, 0.3) is 0 Å². The van der Waals surface area contributed by atoms with E-state index in [9.17, 15) is 0 Å². The molecule has 0 saturated heterocycles. The molecule has 2 heterocycles.